The van der Waals surface area contributed by atoms with Crippen molar-refractivity contribution in [2.24, 2.45) is 5.73 Å². The Morgan fingerprint density at radius 2 is 2.36 bits per heavy atom. The van der Waals surface area contributed by atoms with Gasteiger partial charge >= 0.3 is 6.23 Å². The first-order chi connectivity index (χ1) is 10.7. The number of fused-ring (bicyclic) bond motifs is 3. The summed E-state index contributed by atoms with van der Waals surface area (Å²) >= 11 is 1.62. The Morgan fingerprint density at radius 1 is 1.45 bits per heavy atom. The van der Waals surface area contributed by atoms with Gasteiger partial charge in [0.2, 0.25) is 0 Å². The van der Waals surface area contributed by atoms with E-state index in [0.29, 0.717) is 13.0 Å². The Morgan fingerprint density at radius 3 is 3.23 bits per heavy atom. The Bertz CT molecular complexity index is 754. The third kappa shape index (κ3) is 2.29. The maximum Gasteiger partial charge on any atom is 0.329 e. The summed E-state index contributed by atoms with van der Waals surface area (Å²) in [5.74, 6) is 0.945. The van der Waals surface area contributed by atoms with Crippen molar-refractivity contribution in [2.45, 2.75) is 31.2 Å². The van der Waals surface area contributed by atoms with Gasteiger partial charge in [-0.25, -0.2) is 11.6 Å². The van der Waals surface area contributed by atoms with E-state index < -0.39 is 6.23 Å². The van der Waals surface area contributed by atoms with Gasteiger partial charge in [0.05, 0.1) is 35.9 Å². The van der Waals surface area contributed by atoms with Crippen LogP contribution in [0.2, 0.25) is 0 Å². The Kier molecular flexibility index (Phi) is 3.37. The van der Waals surface area contributed by atoms with Gasteiger partial charge in [-0.2, -0.15) is 0 Å². The molecule has 6 nitrogen and oxygen atoms in total. The quantitative estimate of drug-likeness (QED) is 0.829. The van der Waals surface area contributed by atoms with E-state index in [2.05, 4.69) is 10.2 Å². The summed E-state index contributed by atoms with van der Waals surface area (Å²) in [4.78, 5) is 8.18. The molecule has 0 amide bonds. The molecule has 7 heteroatoms. The van der Waals surface area contributed by atoms with Crippen LogP contribution in [0.1, 0.15) is 12.0 Å². The lowest BCUT2D eigenvalue weighted by Crippen LogP contribution is -2.49. The molecule has 4 rings (SSSR count). The van der Waals surface area contributed by atoms with Gasteiger partial charge in [0.15, 0.2) is 5.13 Å². The monoisotopic (exact) mass is 316 g/mol. The van der Waals surface area contributed by atoms with E-state index in [4.69, 9.17) is 26.8 Å². The van der Waals surface area contributed by atoms with Crippen molar-refractivity contribution in [3.8, 4) is 5.75 Å². The van der Waals surface area contributed by atoms with Crippen molar-refractivity contribution in [3.05, 3.63) is 29.1 Å². The molecular formula is C15H16N4O2S. The fourth-order valence-electron chi connectivity index (χ4n) is 2.94. The van der Waals surface area contributed by atoms with E-state index in [9.17, 15) is 0 Å². The van der Waals surface area contributed by atoms with Crippen LogP contribution in [0.25, 0.3) is 15.1 Å². The molecule has 3 N–H and O–H groups in total. The number of aromatic nitrogens is 1. The highest BCUT2D eigenvalue weighted by Gasteiger charge is 2.32. The number of rotatable bonds is 2. The van der Waals surface area contributed by atoms with Crippen LogP contribution in [0.5, 0.6) is 5.75 Å². The molecule has 0 radical (unpaired) electrons. The largest absolute Gasteiger partial charge is 0.493 e. The van der Waals surface area contributed by atoms with Gasteiger partial charge in [0, 0.05) is 18.0 Å². The molecule has 0 saturated carbocycles. The minimum atomic E-state index is -0.413. The fourth-order valence-corrected chi connectivity index (χ4v) is 3.90. The molecule has 1 fully saturated rings. The van der Waals surface area contributed by atoms with Crippen LogP contribution < -0.4 is 15.8 Å². The van der Waals surface area contributed by atoms with Gasteiger partial charge in [-0.3, -0.25) is 4.85 Å². The summed E-state index contributed by atoms with van der Waals surface area (Å²) in [6.07, 6.45) is 1.08. The number of thiazole rings is 1. The number of benzene rings is 1. The number of nitrogens with two attached hydrogens (primary N) is 1. The highest BCUT2D eigenvalue weighted by Crippen LogP contribution is 2.36. The predicted molar refractivity (Wildman–Crippen MR) is 85.2 cm³/mol. The van der Waals surface area contributed by atoms with Crippen molar-refractivity contribution >= 4 is 26.7 Å². The minimum absolute atomic E-state index is 0.0118. The minimum Gasteiger partial charge on any atom is -0.493 e. The summed E-state index contributed by atoms with van der Waals surface area (Å²) < 4.78 is 12.1. The zero-order valence-electron chi connectivity index (χ0n) is 11.9. The van der Waals surface area contributed by atoms with E-state index in [1.807, 2.05) is 12.1 Å². The third-order valence-electron chi connectivity index (χ3n) is 4.14. The molecule has 1 aromatic carbocycles. The zero-order valence-corrected chi connectivity index (χ0v) is 12.7. The summed E-state index contributed by atoms with van der Waals surface area (Å²) in [5.41, 5.74) is 8.30. The van der Waals surface area contributed by atoms with Crippen LogP contribution in [-0.4, -0.2) is 36.5 Å². The maximum absolute atomic E-state index is 7.11. The lowest BCUT2D eigenvalue weighted by atomic mass is 10.0. The molecule has 0 bridgehead atoms. The first kappa shape index (κ1) is 13.8. The summed E-state index contributed by atoms with van der Waals surface area (Å²) in [5, 5.41) is 4.24. The molecule has 114 valence electrons. The van der Waals surface area contributed by atoms with Crippen molar-refractivity contribution < 1.29 is 9.47 Å². The topological polar surface area (TPSA) is 73.8 Å². The number of nitrogens with one attached hydrogen (secondary N) is 1. The van der Waals surface area contributed by atoms with E-state index in [0.717, 1.165) is 34.1 Å². The first-order valence-electron chi connectivity index (χ1n) is 7.30. The lowest BCUT2D eigenvalue weighted by Gasteiger charge is -2.29. The van der Waals surface area contributed by atoms with Gasteiger partial charge in [-0.05, 0) is 12.1 Å². The van der Waals surface area contributed by atoms with Crippen LogP contribution >= 0.6 is 11.3 Å². The van der Waals surface area contributed by atoms with Crippen molar-refractivity contribution in [1.82, 2.24) is 4.98 Å². The predicted octanol–water partition coefficient (Wildman–Crippen LogP) is 2.00. The summed E-state index contributed by atoms with van der Waals surface area (Å²) in [7, 11) is 0. The molecule has 1 aromatic heterocycles. The van der Waals surface area contributed by atoms with E-state index in [1.165, 1.54) is 5.56 Å². The van der Waals surface area contributed by atoms with E-state index in [1.54, 1.807) is 11.3 Å². The molecule has 22 heavy (non-hydrogen) atoms. The highest BCUT2D eigenvalue weighted by molar-refractivity contribution is 7.22. The highest BCUT2D eigenvalue weighted by atomic mass is 32.1. The van der Waals surface area contributed by atoms with Crippen LogP contribution in [0, 0.1) is 6.57 Å². The second-order valence-electron chi connectivity index (χ2n) is 5.57. The zero-order chi connectivity index (χ0) is 15.1. The molecule has 0 unspecified atom stereocenters. The van der Waals surface area contributed by atoms with Crippen LogP contribution in [0.15, 0.2) is 12.1 Å². The molecule has 3 atom stereocenters. The summed E-state index contributed by atoms with van der Waals surface area (Å²) in [6, 6.07) is 3.95. The van der Waals surface area contributed by atoms with Crippen molar-refractivity contribution in [1.29, 1.82) is 0 Å². The molecule has 1 saturated heterocycles. The van der Waals surface area contributed by atoms with Crippen molar-refractivity contribution in [3.63, 3.8) is 0 Å². The smallest absolute Gasteiger partial charge is 0.329 e. The molecule has 3 heterocycles. The molecule has 2 aromatic rings. The SMILES string of the molecule is [C-]#[N+][C@H]1C[C@@H](Nc2nc3c4c(ccc3s2)OCC4)[C@@H](N)CO1. The standard InChI is InChI=1S/C15H16N4O2S/c1-17-13-6-10(9(16)7-21-13)18-15-19-14-8-4-5-20-11(8)2-3-12(14)22-15/h2-3,9-10,13H,4-7,16H2,(H,18,19)/t9-,10+,13+/m0/s1. The fraction of sp³-hybridized carbons (Fsp3) is 0.467. The molecular weight excluding hydrogens is 300 g/mol. The normalized spacial score (nSPS) is 27.2. The van der Waals surface area contributed by atoms with Gasteiger partial charge in [-0.1, -0.05) is 11.3 Å². The average Bonchev–Trinajstić information content (AvgIpc) is 3.14. The first-order valence-corrected chi connectivity index (χ1v) is 8.12. The Balaban J connectivity index is 1.61. The van der Waals surface area contributed by atoms with Crippen LogP contribution in [0.4, 0.5) is 5.13 Å². The second kappa shape index (κ2) is 5.39. The molecule has 2 aliphatic heterocycles. The van der Waals surface area contributed by atoms with E-state index >= 15 is 0 Å². The number of ether oxygens (including phenoxy) is 2. The third-order valence-corrected chi connectivity index (χ3v) is 5.09. The van der Waals surface area contributed by atoms with Crippen LogP contribution in [-0.2, 0) is 11.2 Å². The Labute approximate surface area is 132 Å². The number of hydrogen-bond donors (Lipinski definition) is 2. The molecule has 0 aliphatic carbocycles. The summed E-state index contributed by atoms with van der Waals surface area (Å²) in [6.45, 7) is 8.24. The molecule has 0 spiro atoms. The molecule has 2 aliphatic rings. The second-order valence-corrected chi connectivity index (χ2v) is 6.60. The number of anilines is 1. The van der Waals surface area contributed by atoms with Crippen LogP contribution in [0.3, 0.4) is 0 Å². The van der Waals surface area contributed by atoms with Gasteiger partial charge < -0.3 is 20.5 Å². The van der Waals surface area contributed by atoms with E-state index in [-0.39, 0.29) is 12.1 Å². The number of hydrogen-bond acceptors (Lipinski definition) is 6. The van der Waals surface area contributed by atoms with Crippen molar-refractivity contribution in [2.75, 3.05) is 18.5 Å². The van der Waals surface area contributed by atoms with Gasteiger partial charge in [-0.15, -0.1) is 0 Å². The maximum atomic E-state index is 7.11. The Hall–Kier alpha value is -1.88. The average molecular weight is 316 g/mol. The van der Waals surface area contributed by atoms with Gasteiger partial charge in [0.25, 0.3) is 0 Å². The number of nitrogens with zero attached hydrogens (tertiary/aromatic N) is 2. The van der Waals surface area contributed by atoms with Gasteiger partial charge in [0.1, 0.15) is 5.75 Å². The lowest BCUT2D eigenvalue weighted by molar-refractivity contribution is 0.0269.